The van der Waals surface area contributed by atoms with Crippen molar-refractivity contribution in [3.8, 4) is 5.75 Å². The maximum atomic E-state index is 12.8. The third-order valence-electron chi connectivity index (χ3n) is 5.88. The number of aromatic nitrogens is 2. The van der Waals surface area contributed by atoms with E-state index >= 15 is 0 Å². The summed E-state index contributed by atoms with van der Waals surface area (Å²) in [7, 11) is 5.16. The average molecular weight is 409 g/mol. The van der Waals surface area contributed by atoms with E-state index in [4.69, 9.17) is 4.74 Å². The summed E-state index contributed by atoms with van der Waals surface area (Å²) in [5.74, 6) is 0.681. The predicted octanol–water partition coefficient (Wildman–Crippen LogP) is 3.06. The number of fused-ring (bicyclic) bond motifs is 1. The molecule has 0 atom stereocenters. The topological polar surface area (TPSA) is 68.5 Å². The molecule has 1 amide bonds. The van der Waals surface area contributed by atoms with E-state index < -0.39 is 0 Å². The fraction of sp³-hybridized carbons (Fsp3) is 0.391. The lowest BCUT2D eigenvalue weighted by Gasteiger charge is -2.30. The Kier molecular flexibility index (Phi) is 5.53. The number of nitrogens with zero attached hydrogens (tertiary/aromatic N) is 3. The van der Waals surface area contributed by atoms with Crippen molar-refractivity contribution in [1.29, 1.82) is 0 Å². The Morgan fingerprint density at radius 1 is 1.00 bits per heavy atom. The van der Waals surface area contributed by atoms with Crippen molar-refractivity contribution in [2.24, 2.45) is 14.1 Å². The molecule has 0 radical (unpaired) electrons. The molecule has 2 heterocycles. The Labute approximate surface area is 175 Å². The molecule has 7 nitrogen and oxygen atoms in total. The molecule has 1 saturated heterocycles. The molecule has 0 aliphatic carbocycles. The van der Waals surface area contributed by atoms with Crippen LogP contribution in [-0.2, 0) is 25.3 Å². The maximum Gasteiger partial charge on any atom is 0.328 e. The highest BCUT2D eigenvalue weighted by Gasteiger charge is 2.20. The average Bonchev–Trinajstić information content (AvgIpc) is 2.98. The first-order valence-corrected chi connectivity index (χ1v) is 10.3. The fourth-order valence-electron chi connectivity index (χ4n) is 4.15. The molecule has 0 unspecified atom stereocenters. The summed E-state index contributed by atoms with van der Waals surface area (Å²) in [5, 5.41) is 3.10. The molecule has 7 heteroatoms. The van der Waals surface area contributed by atoms with Gasteiger partial charge in [-0.3, -0.25) is 13.9 Å². The summed E-state index contributed by atoms with van der Waals surface area (Å²) in [5.41, 5.74) is 4.26. The van der Waals surface area contributed by atoms with Gasteiger partial charge in [0.15, 0.2) is 0 Å². The lowest BCUT2D eigenvalue weighted by molar-refractivity contribution is -0.115. The molecule has 1 fully saturated rings. The zero-order chi connectivity index (χ0) is 21.3. The maximum absolute atomic E-state index is 12.8. The van der Waals surface area contributed by atoms with Crippen molar-refractivity contribution in [3.05, 3.63) is 52.4 Å². The molecule has 3 aromatic rings. The van der Waals surface area contributed by atoms with Crippen LogP contribution in [0, 0.1) is 0 Å². The van der Waals surface area contributed by atoms with Crippen molar-refractivity contribution in [2.45, 2.75) is 25.7 Å². The quantitative estimate of drug-likeness (QED) is 0.705. The largest absolute Gasteiger partial charge is 0.497 e. The number of rotatable bonds is 5. The van der Waals surface area contributed by atoms with E-state index in [1.807, 2.05) is 36.4 Å². The predicted molar refractivity (Wildman–Crippen MR) is 120 cm³/mol. The van der Waals surface area contributed by atoms with Crippen molar-refractivity contribution in [1.82, 2.24) is 9.13 Å². The number of aryl methyl sites for hydroxylation is 2. The molecule has 0 spiro atoms. The van der Waals surface area contributed by atoms with Gasteiger partial charge in [0.05, 0.1) is 35.9 Å². The molecule has 0 bridgehead atoms. The van der Waals surface area contributed by atoms with Crippen LogP contribution in [0.15, 0.2) is 41.2 Å². The molecule has 4 rings (SSSR count). The summed E-state index contributed by atoms with van der Waals surface area (Å²) in [6, 6.07) is 11.5. The molecule has 1 N–H and O–H groups in total. The van der Waals surface area contributed by atoms with Gasteiger partial charge in [-0.1, -0.05) is 12.1 Å². The van der Waals surface area contributed by atoms with Crippen LogP contribution in [0.2, 0.25) is 0 Å². The van der Waals surface area contributed by atoms with Crippen LogP contribution in [0.25, 0.3) is 11.0 Å². The molecule has 1 aromatic heterocycles. The van der Waals surface area contributed by atoms with Crippen LogP contribution in [0.3, 0.4) is 0 Å². The number of nitrogens with one attached hydrogen (secondary N) is 1. The highest BCUT2D eigenvalue weighted by molar-refractivity contribution is 5.99. The lowest BCUT2D eigenvalue weighted by atomic mass is 10.1. The van der Waals surface area contributed by atoms with Gasteiger partial charge < -0.3 is 15.0 Å². The van der Waals surface area contributed by atoms with Crippen LogP contribution in [0.5, 0.6) is 5.75 Å². The van der Waals surface area contributed by atoms with Crippen LogP contribution in [0.1, 0.15) is 24.8 Å². The molecular weight excluding hydrogens is 380 g/mol. The zero-order valence-corrected chi connectivity index (χ0v) is 17.8. The molecule has 158 valence electrons. The zero-order valence-electron chi connectivity index (χ0n) is 17.8. The monoisotopic (exact) mass is 408 g/mol. The summed E-state index contributed by atoms with van der Waals surface area (Å²) in [4.78, 5) is 27.6. The van der Waals surface area contributed by atoms with E-state index in [9.17, 15) is 9.59 Å². The molecule has 1 aliphatic rings. The minimum Gasteiger partial charge on any atom is -0.497 e. The van der Waals surface area contributed by atoms with E-state index in [1.54, 1.807) is 30.3 Å². The smallest absolute Gasteiger partial charge is 0.328 e. The normalized spacial score (nSPS) is 14.2. The van der Waals surface area contributed by atoms with Crippen molar-refractivity contribution < 1.29 is 9.53 Å². The third kappa shape index (κ3) is 3.79. The first kappa shape index (κ1) is 20.1. The number of ether oxygens (including phenoxy) is 1. The second-order valence-electron chi connectivity index (χ2n) is 7.88. The number of carbonyl (C=O) groups is 1. The van der Waals surface area contributed by atoms with Crippen molar-refractivity contribution in [2.75, 3.05) is 30.4 Å². The number of benzene rings is 2. The second kappa shape index (κ2) is 8.26. The Balaban J connectivity index is 1.67. The van der Waals surface area contributed by atoms with Gasteiger partial charge in [0.2, 0.25) is 5.91 Å². The van der Waals surface area contributed by atoms with Crippen LogP contribution >= 0.6 is 0 Å². The molecule has 0 saturated carbocycles. The number of amides is 1. The number of imidazole rings is 1. The minimum absolute atomic E-state index is 0.0729. The highest BCUT2D eigenvalue weighted by Crippen LogP contribution is 2.33. The van der Waals surface area contributed by atoms with Gasteiger partial charge in [0.25, 0.3) is 0 Å². The van der Waals surface area contributed by atoms with Crippen LogP contribution in [0.4, 0.5) is 11.4 Å². The summed E-state index contributed by atoms with van der Waals surface area (Å²) >= 11 is 0. The Morgan fingerprint density at radius 3 is 2.27 bits per heavy atom. The van der Waals surface area contributed by atoms with E-state index in [2.05, 4.69) is 10.2 Å². The second-order valence-corrected chi connectivity index (χ2v) is 7.88. The number of hydrogen-bond donors (Lipinski definition) is 1. The number of methoxy groups -OCH3 is 1. The minimum atomic E-state index is -0.0845. The van der Waals surface area contributed by atoms with Crippen LogP contribution < -0.4 is 20.6 Å². The van der Waals surface area contributed by atoms with Crippen LogP contribution in [-0.4, -0.2) is 35.2 Å². The standard InChI is InChI=1S/C23H28N4O3/c1-25-20-14-18(24-22(28)13-16-7-9-17(30-3)10-8-16)19(27-11-5-4-6-12-27)15-21(20)26(2)23(25)29/h7-10,14-15H,4-6,11-13H2,1-3H3,(H,24,28). The number of hydrogen-bond acceptors (Lipinski definition) is 4. The summed E-state index contributed by atoms with van der Waals surface area (Å²) in [6.07, 6.45) is 3.76. The van der Waals surface area contributed by atoms with Gasteiger partial charge in [0.1, 0.15) is 5.75 Å². The Bertz CT molecular complexity index is 1120. The molecule has 1 aliphatic heterocycles. The van der Waals surface area contributed by atoms with E-state index in [-0.39, 0.29) is 18.0 Å². The molecular formula is C23H28N4O3. The van der Waals surface area contributed by atoms with Gasteiger partial charge in [0, 0.05) is 27.2 Å². The Hall–Kier alpha value is -3.22. The number of piperidine rings is 1. The van der Waals surface area contributed by atoms with E-state index in [1.165, 1.54) is 6.42 Å². The number of anilines is 2. The number of carbonyl (C=O) groups excluding carboxylic acids is 1. The SMILES string of the molecule is COc1ccc(CC(=O)Nc2cc3c(cc2N2CCCCC2)n(C)c(=O)n3C)cc1. The van der Waals surface area contributed by atoms with Gasteiger partial charge in [-0.05, 0) is 49.1 Å². The van der Waals surface area contributed by atoms with E-state index in [0.717, 1.165) is 59.7 Å². The summed E-state index contributed by atoms with van der Waals surface area (Å²) in [6.45, 7) is 1.90. The molecule has 30 heavy (non-hydrogen) atoms. The highest BCUT2D eigenvalue weighted by atomic mass is 16.5. The van der Waals surface area contributed by atoms with Crippen molar-refractivity contribution >= 4 is 28.3 Å². The van der Waals surface area contributed by atoms with Gasteiger partial charge in [-0.25, -0.2) is 4.79 Å². The third-order valence-corrected chi connectivity index (χ3v) is 5.88. The first-order valence-electron chi connectivity index (χ1n) is 10.3. The first-order chi connectivity index (χ1) is 14.5. The fourth-order valence-corrected chi connectivity index (χ4v) is 4.15. The Morgan fingerprint density at radius 2 is 1.63 bits per heavy atom. The van der Waals surface area contributed by atoms with Crippen molar-refractivity contribution in [3.63, 3.8) is 0 Å². The lowest BCUT2D eigenvalue weighted by Crippen LogP contribution is -2.30. The molecule has 2 aromatic carbocycles. The van der Waals surface area contributed by atoms with E-state index in [0.29, 0.717) is 0 Å². The summed E-state index contributed by atoms with van der Waals surface area (Å²) < 4.78 is 8.46. The van der Waals surface area contributed by atoms with Gasteiger partial charge in [-0.15, -0.1) is 0 Å². The van der Waals surface area contributed by atoms with Gasteiger partial charge in [-0.2, -0.15) is 0 Å². The van der Waals surface area contributed by atoms with Gasteiger partial charge >= 0.3 is 5.69 Å².